The highest BCUT2D eigenvalue weighted by molar-refractivity contribution is 6.29. The average molecular weight is 209 g/mol. The van der Waals surface area contributed by atoms with Gasteiger partial charge >= 0.3 is 6.01 Å². The van der Waals surface area contributed by atoms with E-state index >= 15 is 0 Å². The smallest absolute Gasteiger partial charge is 0.302 e. The first kappa shape index (κ1) is 9.09. The molecule has 0 amide bonds. The summed E-state index contributed by atoms with van der Waals surface area (Å²) in [6.45, 7) is 0. The molecule has 72 valence electrons. The first-order valence-electron chi connectivity index (χ1n) is 4.17. The van der Waals surface area contributed by atoms with Crippen molar-refractivity contribution >= 4 is 11.6 Å². The molecule has 0 saturated carbocycles. The standard InChI is InChI=1S/C10H9ClN2O/c1-13-9(11)7-12-10(13)14-8-5-3-2-4-6-8/h2-7H,1H3. The minimum atomic E-state index is 0.487. The maximum absolute atomic E-state index is 5.82. The van der Waals surface area contributed by atoms with Gasteiger partial charge < -0.3 is 4.74 Å². The van der Waals surface area contributed by atoms with Gasteiger partial charge in [0, 0.05) is 7.05 Å². The van der Waals surface area contributed by atoms with Crippen molar-refractivity contribution in [1.29, 1.82) is 0 Å². The molecule has 4 heteroatoms. The minimum Gasteiger partial charge on any atom is -0.426 e. The van der Waals surface area contributed by atoms with Crippen molar-refractivity contribution in [3.63, 3.8) is 0 Å². The SMILES string of the molecule is Cn1c(Cl)cnc1Oc1ccccc1. The van der Waals surface area contributed by atoms with E-state index in [9.17, 15) is 0 Å². The van der Waals surface area contributed by atoms with Crippen LogP contribution in [-0.4, -0.2) is 9.55 Å². The van der Waals surface area contributed by atoms with Gasteiger partial charge in [0.25, 0.3) is 0 Å². The van der Waals surface area contributed by atoms with Crippen molar-refractivity contribution in [2.24, 2.45) is 7.05 Å². The molecule has 1 heterocycles. The van der Waals surface area contributed by atoms with Gasteiger partial charge in [0.05, 0.1) is 6.20 Å². The summed E-state index contributed by atoms with van der Waals surface area (Å²) in [7, 11) is 1.80. The third-order valence-electron chi connectivity index (χ3n) is 1.84. The predicted molar refractivity (Wildman–Crippen MR) is 54.7 cm³/mol. The molecular formula is C10H9ClN2O. The lowest BCUT2D eigenvalue weighted by Crippen LogP contribution is -1.94. The highest BCUT2D eigenvalue weighted by Gasteiger charge is 2.05. The molecule has 2 aromatic rings. The van der Waals surface area contributed by atoms with E-state index in [1.54, 1.807) is 17.8 Å². The fourth-order valence-electron chi connectivity index (χ4n) is 1.06. The van der Waals surface area contributed by atoms with Gasteiger partial charge in [-0.1, -0.05) is 29.8 Å². The van der Waals surface area contributed by atoms with E-state index < -0.39 is 0 Å². The van der Waals surface area contributed by atoms with Crippen LogP contribution in [0.5, 0.6) is 11.8 Å². The lowest BCUT2D eigenvalue weighted by atomic mass is 10.3. The second kappa shape index (κ2) is 3.72. The molecule has 0 radical (unpaired) electrons. The molecule has 0 bridgehead atoms. The number of para-hydroxylation sites is 1. The number of ether oxygens (including phenoxy) is 1. The summed E-state index contributed by atoms with van der Waals surface area (Å²) in [5, 5.41) is 0.552. The van der Waals surface area contributed by atoms with Gasteiger partial charge in [-0.05, 0) is 12.1 Å². The molecule has 3 nitrogen and oxygen atoms in total. The normalized spacial score (nSPS) is 10.1. The maximum atomic E-state index is 5.82. The molecule has 14 heavy (non-hydrogen) atoms. The number of nitrogens with zero attached hydrogens (tertiary/aromatic N) is 2. The molecule has 0 saturated heterocycles. The summed E-state index contributed by atoms with van der Waals surface area (Å²) < 4.78 is 7.17. The highest BCUT2D eigenvalue weighted by atomic mass is 35.5. The van der Waals surface area contributed by atoms with Gasteiger partial charge in [0.15, 0.2) is 0 Å². The third kappa shape index (κ3) is 1.72. The number of rotatable bonds is 2. The van der Waals surface area contributed by atoms with Crippen molar-refractivity contribution in [3.05, 3.63) is 41.7 Å². The molecule has 0 aliphatic carbocycles. The zero-order valence-corrected chi connectivity index (χ0v) is 8.40. The molecule has 0 fully saturated rings. The van der Waals surface area contributed by atoms with E-state index in [0.717, 1.165) is 5.75 Å². The van der Waals surface area contributed by atoms with E-state index in [1.165, 1.54) is 0 Å². The van der Waals surface area contributed by atoms with Crippen molar-refractivity contribution in [2.45, 2.75) is 0 Å². The molecular weight excluding hydrogens is 200 g/mol. The summed E-state index contributed by atoms with van der Waals surface area (Å²) in [4.78, 5) is 4.02. The summed E-state index contributed by atoms with van der Waals surface area (Å²) in [6, 6.07) is 9.95. The molecule has 0 spiro atoms. The Kier molecular flexibility index (Phi) is 2.41. The van der Waals surface area contributed by atoms with E-state index in [2.05, 4.69) is 4.98 Å². The van der Waals surface area contributed by atoms with Crippen molar-refractivity contribution in [1.82, 2.24) is 9.55 Å². The fraction of sp³-hybridized carbons (Fsp3) is 0.100. The quantitative estimate of drug-likeness (QED) is 0.759. The Morgan fingerprint density at radius 1 is 1.29 bits per heavy atom. The molecule has 0 unspecified atom stereocenters. The van der Waals surface area contributed by atoms with Crippen LogP contribution in [-0.2, 0) is 7.05 Å². The molecule has 0 N–H and O–H groups in total. The minimum absolute atomic E-state index is 0.487. The van der Waals surface area contributed by atoms with Crippen LogP contribution in [0, 0.1) is 0 Å². The Bertz CT molecular complexity index is 425. The van der Waals surface area contributed by atoms with Crippen LogP contribution in [0.2, 0.25) is 5.15 Å². The lowest BCUT2D eigenvalue weighted by Gasteiger charge is -2.04. The molecule has 2 rings (SSSR count). The lowest BCUT2D eigenvalue weighted by molar-refractivity contribution is 0.425. The number of halogens is 1. The molecule has 0 atom stereocenters. The summed E-state index contributed by atoms with van der Waals surface area (Å²) in [5.74, 6) is 0.748. The van der Waals surface area contributed by atoms with Crippen LogP contribution in [0.1, 0.15) is 0 Å². The monoisotopic (exact) mass is 208 g/mol. The largest absolute Gasteiger partial charge is 0.426 e. The van der Waals surface area contributed by atoms with Crippen LogP contribution < -0.4 is 4.74 Å². The zero-order valence-electron chi connectivity index (χ0n) is 7.64. The average Bonchev–Trinajstić information content (AvgIpc) is 2.52. The second-order valence-corrected chi connectivity index (χ2v) is 3.22. The summed E-state index contributed by atoms with van der Waals surface area (Å²) in [5.41, 5.74) is 0. The first-order chi connectivity index (χ1) is 6.77. The van der Waals surface area contributed by atoms with Crippen molar-refractivity contribution < 1.29 is 4.74 Å². The molecule has 1 aromatic carbocycles. The van der Waals surface area contributed by atoms with Gasteiger partial charge in [-0.25, -0.2) is 4.98 Å². The fourth-order valence-corrected chi connectivity index (χ4v) is 1.18. The number of benzene rings is 1. The number of hydrogen-bond donors (Lipinski definition) is 0. The van der Waals surface area contributed by atoms with Crippen LogP contribution in [0.3, 0.4) is 0 Å². The molecule has 0 aliphatic heterocycles. The van der Waals surface area contributed by atoms with Gasteiger partial charge in [0.2, 0.25) is 0 Å². The number of imidazole rings is 1. The maximum Gasteiger partial charge on any atom is 0.302 e. The van der Waals surface area contributed by atoms with Crippen LogP contribution in [0.25, 0.3) is 0 Å². The summed E-state index contributed by atoms with van der Waals surface area (Å²) in [6.07, 6.45) is 1.56. The number of aromatic nitrogens is 2. The highest BCUT2D eigenvalue weighted by Crippen LogP contribution is 2.21. The Labute approximate surface area is 86.9 Å². The van der Waals surface area contributed by atoms with E-state index in [0.29, 0.717) is 11.2 Å². The Balaban J connectivity index is 2.23. The Morgan fingerprint density at radius 2 is 2.00 bits per heavy atom. The Hall–Kier alpha value is -1.48. The number of hydrogen-bond acceptors (Lipinski definition) is 2. The zero-order chi connectivity index (χ0) is 9.97. The van der Waals surface area contributed by atoms with E-state index in [4.69, 9.17) is 16.3 Å². The van der Waals surface area contributed by atoms with Gasteiger partial charge in [0.1, 0.15) is 10.9 Å². The van der Waals surface area contributed by atoms with Gasteiger partial charge in [-0.15, -0.1) is 0 Å². The van der Waals surface area contributed by atoms with Gasteiger partial charge in [-0.3, -0.25) is 4.57 Å². The second-order valence-electron chi connectivity index (χ2n) is 2.84. The van der Waals surface area contributed by atoms with Crippen molar-refractivity contribution in [2.75, 3.05) is 0 Å². The van der Waals surface area contributed by atoms with E-state index in [-0.39, 0.29) is 0 Å². The van der Waals surface area contributed by atoms with Crippen LogP contribution >= 0.6 is 11.6 Å². The Morgan fingerprint density at radius 3 is 2.57 bits per heavy atom. The molecule has 1 aromatic heterocycles. The van der Waals surface area contributed by atoms with Gasteiger partial charge in [-0.2, -0.15) is 0 Å². The van der Waals surface area contributed by atoms with Crippen LogP contribution in [0.4, 0.5) is 0 Å². The summed E-state index contributed by atoms with van der Waals surface area (Å²) >= 11 is 5.82. The topological polar surface area (TPSA) is 27.1 Å². The predicted octanol–water partition coefficient (Wildman–Crippen LogP) is 2.87. The van der Waals surface area contributed by atoms with Crippen LogP contribution in [0.15, 0.2) is 36.5 Å². The van der Waals surface area contributed by atoms with Crippen molar-refractivity contribution in [3.8, 4) is 11.8 Å². The van der Waals surface area contributed by atoms with E-state index in [1.807, 2.05) is 30.3 Å². The third-order valence-corrected chi connectivity index (χ3v) is 2.19. The molecule has 0 aliphatic rings. The first-order valence-corrected chi connectivity index (χ1v) is 4.55.